The summed E-state index contributed by atoms with van der Waals surface area (Å²) < 4.78 is 5.99. The maximum absolute atomic E-state index is 13.7. The maximum atomic E-state index is 13.7. The molecule has 0 saturated carbocycles. The van der Waals surface area contributed by atoms with Crippen LogP contribution in [-0.4, -0.2) is 75.2 Å². The number of thiocarbonyl (C=S) groups is 1. The van der Waals surface area contributed by atoms with Crippen molar-refractivity contribution in [1.29, 1.82) is 0 Å². The van der Waals surface area contributed by atoms with Gasteiger partial charge in [-0.05, 0) is 111 Å². The molecule has 9 N–H and O–H groups in total. The van der Waals surface area contributed by atoms with Crippen LogP contribution in [-0.2, 0) is 27.4 Å². The summed E-state index contributed by atoms with van der Waals surface area (Å²) in [6.45, 7) is 11.6. The third-order valence-electron chi connectivity index (χ3n) is 11.3. The summed E-state index contributed by atoms with van der Waals surface area (Å²) in [4.78, 5) is 63.3. The molecule has 68 heavy (non-hydrogen) atoms. The number of aliphatic hydroxyl groups is 1. The highest BCUT2D eigenvalue weighted by Gasteiger charge is 2.33. The second kappa shape index (κ2) is 24.2. The van der Waals surface area contributed by atoms with E-state index in [0.717, 1.165) is 24.0 Å². The fourth-order valence-electron chi connectivity index (χ4n) is 8.39. The highest BCUT2D eigenvalue weighted by Crippen LogP contribution is 2.42. The van der Waals surface area contributed by atoms with E-state index in [9.17, 15) is 34.2 Å². The van der Waals surface area contributed by atoms with Crippen LogP contribution in [0.25, 0.3) is 33.4 Å². The summed E-state index contributed by atoms with van der Waals surface area (Å²) in [6, 6.07) is 22.8. The van der Waals surface area contributed by atoms with Crippen molar-refractivity contribution < 1.29 is 33.8 Å². The molecule has 0 aromatic heterocycles. The molecule has 1 aliphatic heterocycles. The van der Waals surface area contributed by atoms with Gasteiger partial charge >= 0.3 is 6.03 Å². The number of aliphatic hydroxyl groups excluding tert-OH is 1. The molecule has 5 amide bonds. The molecule has 0 fully saturated rings. The van der Waals surface area contributed by atoms with Gasteiger partial charge in [-0.2, -0.15) is 12.6 Å². The number of nitrogens with one attached hydrogen (secondary N) is 7. The molecule has 0 saturated heterocycles. The van der Waals surface area contributed by atoms with E-state index in [4.69, 9.17) is 29.3 Å². The van der Waals surface area contributed by atoms with Gasteiger partial charge in [0.1, 0.15) is 23.1 Å². The molecular weight excluding hydrogens is 903 g/mol. The number of carbonyl (C=O) groups is 4. The molecule has 17 heteroatoms. The first-order valence-electron chi connectivity index (χ1n) is 22.9. The second-order valence-electron chi connectivity index (χ2n) is 18.4. The number of phenolic OH excluding ortho intramolecular Hbond substituents is 1. The van der Waals surface area contributed by atoms with Crippen molar-refractivity contribution in [2.45, 2.75) is 116 Å². The number of rotatable bonds is 22. The smallest absolute Gasteiger partial charge is 0.315 e. The van der Waals surface area contributed by atoms with Crippen molar-refractivity contribution in [3.63, 3.8) is 0 Å². The van der Waals surface area contributed by atoms with E-state index >= 15 is 0 Å². The summed E-state index contributed by atoms with van der Waals surface area (Å²) >= 11 is 10.6. The van der Waals surface area contributed by atoms with E-state index in [2.05, 4.69) is 44.1 Å². The Morgan fingerprint density at radius 3 is 2.22 bits per heavy atom. The van der Waals surface area contributed by atoms with Crippen LogP contribution < -0.4 is 42.6 Å². The number of hydrogen-bond acceptors (Lipinski definition) is 10. The van der Waals surface area contributed by atoms with Crippen LogP contribution in [0.3, 0.4) is 0 Å². The molecule has 5 rings (SSSR count). The third kappa shape index (κ3) is 16.0. The van der Waals surface area contributed by atoms with Crippen molar-refractivity contribution in [3.8, 4) is 28.2 Å². The zero-order chi connectivity index (χ0) is 49.6. The number of fused-ring (bicyclic) bond motifs is 2. The second-order valence-corrected chi connectivity index (χ2v) is 19.8. The van der Waals surface area contributed by atoms with Crippen LogP contribution in [0.2, 0.25) is 0 Å². The van der Waals surface area contributed by atoms with Crippen LogP contribution in [0.5, 0.6) is 5.75 Å². The Hall–Kier alpha value is -6.17. The predicted octanol–water partition coefficient (Wildman–Crippen LogP) is 7.12. The lowest BCUT2D eigenvalue weighted by Crippen LogP contribution is -2.50. The molecule has 2 aliphatic rings. The van der Waals surface area contributed by atoms with Gasteiger partial charge in [0.25, 0.3) is 0 Å². The monoisotopic (exact) mass is 967 g/mol. The molecule has 0 radical (unpaired) electrons. The Kier molecular flexibility index (Phi) is 18.8. The normalized spacial score (nSPS) is 13.6. The fraction of sp³-hybridized carbons (Fsp3) is 0.412. The number of benzene rings is 4. The number of carbonyl (C=O) groups excluding carboxylic acids is 4. The Morgan fingerprint density at radius 2 is 1.51 bits per heavy atom. The van der Waals surface area contributed by atoms with Crippen LogP contribution in [0, 0.1) is 5.41 Å². The molecule has 0 spiro atoms. The standard InChI is InChI=1S/C51H65N7O8S2/c1-7-11-31(2)54-48(65)55-32(3)14-21-44(62)52-22-23-53-47(64)41(24-33-12-9-8-10-13-33)57-45(63)28-50(4,5)30-51(6,68)58-49(67)56-35-15-18-38(34(25-35)29-59)46-39-19-16-36(60)26-42(39)66-43-27-37(61)17-20-40(43)46/h8-10,12-13,15-20,25-27,31-32,41,59-60,68H,7,11,14,21-24,28-30H2,1-6H3,(H,52,62)(H,53,64)(H,57,63)(H2,54,55,65)(H2,56,58,67). The first-order valence-corrected chi connectivity index (χ1v) is 23.8. The van der Waals surface area contributed by atoms with Crippen LogP contribution in [0.1, 0.15) is 91.2 Å². The molecule has 15 nitrogen and oxygen atoms in total. The zero-order valence-electron chi connectivity index (χ0n) is 39.6. The molecule has 3 aromatic carbocycles. The van der Waals surface area contributed by atoms with Crippen molar-refractivity contribution in [1.82, 2.24) is 31.9 Å². The SMILES string of the molecule is CCCC(C)NC(=O)NC(C)CCC(=O)NCCNC(=O)C(Cc1ccccc1)NC(=O)CC(C)(C)CC(C)(S)NC(=S)Nc1ccc(-c2c3ccc(=O)cc-3oc3cc(O)ccc23)c(CO)c1. The van der Waals surface area contributed by atoms with Crippen molar-refractivity contribution in [2.24, 2.45) is 5.41 Å². The molecule has 4 unspecified atom stereocenters. The zero-order valence-corrected chi connectivity index (χ0v) is 41.3. The lowest BCUT2D eigenvalue weighted by Gasteiger charge is -2.35. The third-order valence-corrected chi connectivity index (χ3v) is 11.8. The average Bonchev–Trinajstić information content (AvgIpc) is 3.25. The quantitative estimate of drug-likeness (QED) is 0.0111. The summed E-state index contributed by atoms with van der Waals surface area (Å²) in [5.74, 6) is -0.562. The van der Waals surface area contributed by atoms with Gasteiger partial charge in [0.2, 0.25) is 17.7 Å². The first kappa shape index (κ1) is 52.8. The summed E-state index contributed by atoms with van der Waals surface area (Å²) in [6.07, 6.45) is 3.21. The van der Waals surface area contributed by atoms with Gasteiger partial charge in [0, 0.05) is 78.8 Å². The molecule has 3 aromatic rings. The average molecular weight is 968 g/mol. The van der Waals surface area contributed by atoms with E-state index in [1.165, 1.54) is 18.2 Å². The van der Waals surface area contributed by atoms with Gasteiger partial charge in [0.05, 0.1) is 11.5 Å². The fourth-order valence-corrected chi connectivity index (χ4v) is 9.35. The highest BCUT2D eigenvalue weighted by atomic mass is 32.1. The number of anilines is 1. The Labute approximate surface area is 408 Å². The Balaban J connectivity index is 1.14. The van der Waals surface area contributed by atoms with E-state index in [1.54, 1.807) is 24.3 Å². The van der Waals surface area contributed by atoms with E-state index < -0.39 is 16.3 Å². The lowest BCUT2D eigenvalue weighted by atomic mass is 9.82. The predicted molar refractivity (Wildman–Crippen MR) is 275 cm³/mol. The first-order chi connectivity index (χ1) is 32.2. The summed E-state index contributed by atoms with van der Waals surface area (Å²) in [5.41, 5.74) is 3.66. The van der Waals surface area contributed by atoms with Gasteiger partial charge < -0.3 is 51.8 Å². The van der Waals surface area contributed by atoms with Gasteiger partial charge in [-0.25, -0.2) is 4.79 Å². The van der Waals surface area contributed by atoms with Crippen molar-refractivity contribution in [2.75, 3.05) is 18.4 Å². The van der Waals surface area contributed by atoms with E-state index in [0.29, 0.717) is 51.9 Å². The number of hydrogen-bond donors (Lipinski definition) is 10. The summed E-state index contributed by atoms with van der Waals surface area (Å²) in [7, 11) is 0. The molecule has 364 valence electrons. The summed E-state index contributed by atoms with van der Waals surface area (Å²) in [5, 5.41) is 42.5. The molecule has 1 aliphatic carbocycles. The molecule has 0 bridgehead atoms. The molecule has 4 atom stereocenters. The Morgan fingerprint density at radius 1 is 0.824 bits per heavy atom. The van der Waals surface area contributed by atoms with Gasteiger partial charge in [-0.15, -0.1) is 0 Å². The van der Waals surface area contributed by atoms with Crippen molar-refractivity contribution in [3.05, 3.63) is 106 Å². The van der Waals surface area contributed by atoms with E-state index in [1.807, 2.05) is 77.1 Å². The minimum atomic E-state index is -0.896. The van der Waals surface area contributed by atoms with Crippen LogP contribution in [0.4, 0.5) is 10.5 Å². The largest absolute Gasteiger partial charge is 0.508 e. The number of thiol groups is 1. The van der Waals surface area contributed by atoms with Gasteiger partial charge in [-0.3, -0.25) is 19.2 Å². The van der Waals surface area contributed by atoms with Crippen LogP contribution in [0.15, 0.2) is 94.1 Å². The minimum Gasteiger partial charge on any atom is -0.508 e. The minimum absolute atomic E-state index is 0.00747. The number of phenols is 1. The molecular formula is C51H65N7O8S2. The van der Waals surface area contributed by atoms with Gasteiger partial charge in [-0.1, -0.05) is 63.6 Å². The number of aromatic hydroxyl groups is 1. The van der Waals surface area contributed by atoms with Crippen molar-refractivity contribution >= 4 is 70.4 Å². The maximum Gasteiger partial charge on any atom is 0.315 e. The topological polar surface area (TPSA) is 223 Å². The highest BCUT2D eigenvalue weighted by molar-refractivity contribution is 7.82. The van der Waals surface area contributed by atoms with Gasteiger partial charge in [0.15, 0.2) is 10.5 Å². The number of amides is 5. The van der Waals surface area contributed by atoms with E-state index in [-0.39, 0.29) is 91.1 Å². The van der Waals surface area contributed by atoms with Crippen LogP contribution >= 0.6 is 24.8 Å². The molecule has 1 heterocycles. The lowest BCUT2D eigenvalue weighted by molar-refractivity contribution is -0.130. The number of urea groups is 1. The Bertz CT molecular complexity index is 2590.